The van der Waals surface area contributed by atoms with Crippen LogP contribution in [0.4, 0.5) is 5.69 Å². The molecule has 130 valence electrons. The summed E-state index contributed by atoms with van der Waals surface area (Å²) >= 11 is 0. The van der Waals surface area contributed by atoms with E-state index in [1.54, 1.807) is 0 Å². The number of furan rings is 1. The van der Waals surface area contributed by atoms with Crippen molar-refractivity contribution in [2.75, 3.05) is 11.9 Å². The monoisotopic (exact) mass is 354 g/mol. The molecule has 1 aromatic carbocycles. The zero-order valence-electron chi connectivity index (χ0n) is 12.4. The van der Waals surface area contributed by atoms with E-state index in [0.717, 1.165) is 0 Å². The van der Waals surface area contributed by atoms with Crippen molar-refractivity contribution in [3.05, 3.63) is 48.4 Å². The second-order valence-electron chi connectivity index (χ2n) is 5.12. The van der Waals surface area contributed by atoms with E-state index in [4.69, 9.17) is 9.15 Å². The molecule has 2 N–H and O–H groups in total. The Morgan fingerprint density at radius 1 is 1.21 bits per heavy atom. The number of amides is 1. The minimum Gasteiger partial charge on any atom is -0.472 e. The fourth-order valence-electron chi connectivity index (χ4n) is 2.17. The summed E-state index contributed by atoms with van der Waals surface area (Å²) in [5, 5.41) is 2.61. The van der Waals surface area contributed by atoms with Gasteiger partial charge in [-0.2, -0.15) is 4.72 Å². The molecule has 9 heteroatoms. The summed E-state index contributed by atoms with van der Waals surface area (Å²) in [6.45, 7) is 0.199. The highest BCUT2D eigenvalue weighted by molar-refractivity contribution is 7.89. The number of sulfonamides is 1. The standard InChI is InChI=1S/C15H14N2O6S.2H2/c18-14(10-5-7-22-9-10)16-11-1-3-12(4-2-11)24(20,21)17-13-6-8-23-15(13)19;;/h1-5,7,9,13,17H,6,8H2,(H,16,18);2*1H. The smallest absolute Gasteiger partial charge is 0.324 e. The first-order chi connectivity index (χ1) is 11.5. The van der Waals surface area contributed by atoms with Gasteiger partial charge in [-0.3, -0.25) is 9.59 Å². The van der Waals surface area contributed by atoms with Gasteiger partial charge in [0.2, 0.25) is 10.0 Å². The van der Waals surface area contributed by atoms with Gasteiger partial charge in [0.1, 0.15) is 12.3 Å². The lowest BCUT2D eigenvalue weighted by Gasteiger charge is -2.10. The van der Waals surface area contributed by atoms with E-state index in [2.05, 4.69) is 10.0 Å². The number of esters is 1. The summed E-state index contributed by atoms with van der Waals surface area (Å²) in [5.41, 5.74) is 0.786. The van der Waals surface area contributed by atoms with E-state index in [9.17, 15) is 18.0 Å². The van der Waals surface area contributed by atoms with Gasteiger partial charge in [-0.1, -0.05) is 0 Å². The Bertz CT molecular complexity index is 853. The molecule has 0 bridgehead atoms. The van der Waals surface area contributed by atoms with E-state index in [-0.39, 0.29) is 20.3 Å². The molecule has 0 radical (unpaired) electrons. The molecule has 1 saturated heterocycles. The second kappa shape index (κ2) is 6.46. The molecular weight excluding hydrogens is 336 g/mol. The molecule has 8 nitrogen and oxygen atoms in total. The molecule has 2 aromatic rings. The Morgan fingerprint density at radius 2 is 1.96 bits per heavy atom. The Kier molecular flexibility index (Phi) is 4.36. The molecule has 1 unspecified atom stereocenters. The van der Waals surface area contributed by atoms with Crippen LogP contribution in [-0.4, -0.2) is 32.9 Å². The lowest BCUT2D eigenvalue weighted by molar-refractivity contribution is -0.139. The number of nitrogens with one attached hydrogen (secondary N) is 2. The average molecular weight is 354 g/mol. The number of cyclic esters (lactones) is 1. The topological polar surface area (TPSA) is 115 Å². The molecular formula is C15H18N2O6S. The minimum atomic E-state index is -3.84. The van der Waals surface area contributed by atoms with Gasteiger partial charge in [0.25, 0.3) is 5.91 Å². The largest absolute Gasteiger partial charge is 0.472 e. The fourth-order valence-corrected chi connectivity index (χ4v) is 3.39. The number of hydrogen-bond acceptors (Lipinski definition) is 6. The van der Waals surface area contributed by atoms with Crippen molar-refractivity contribution in [1.29, 1.82) is 0 Å². The van der Waals surface area contributed by atoms with Gasteiger partial charge in [-0.15, -0.1) is 0 Å². The number of carbonyl (C=O) groups is 2. The Hall–Kier alpha value is -2.65. The van der Waals surface area contributed by atoms with Crippen LogP contribution in [0.15, 0.2) is 52.2 Å². The van der Waals surface area contributed by atoms with Crippen molar-refractivity contribution in [3.63, 3.8) is 0 Å². The number of carbonyl (C=O) groups excluding carboxylic acids is 2. The summed E-state index contributed by atoms with van der Waals surface area (Å²) in [6.07, 6.45) is 2.99. The van der Waals surface area contributed by atoms with Crippen LogP contribution < -0.4 is 10.0 Å². The molecule has 1 amide bonds. The molecule has 0 saturated carbocycles. The lowest BCUT2D eigenvalue weighted by Crippen LogP contribution is -2.37. The van der Waals surface area contributed by atoms with Crippen LogP contribution in [0.25, 0.3) is 0 Å². The van der Waals surface area contributed by atoms with Crippen molar-refractivity contribution in [1.82, 2.24) is 4.72 Å². The third-order valence-corrected chi connectivity index (χ3v) is 4.93. The van der Waals surface area contributed by atoms with E-state index in [1.165, 1.54) is 42.9 Å². The zero-order chi connectivity index (χ0) is 17.2. The molecule has 0 aliphatic carbocycles. The van der Waals surface area contributed by atoms with Gasteiger partial charge in [0, 0.05) is 15.0 Å². The minimum absolute atomic E-state index is 0. The summed E-state index contributed by atoms with van der Waals surface area (Å²) in [4.78, 5) is 23.2. The van der Waals surface area contributed by atoms with E-state index < -0.39 is 22.0 Å². The first-order valence-corrected chi connectivity index (χ1v) is 8.56. The number of anilines is 1. The van der Waals surface area contributed by atoms with Crippen LogP contribution in [0.2, 0.25) is 0 Å². The quantitative estimate of drug-likeness (QED) is 0.789. The SMILES string of the molecule is O=C(Nc1ccc(S(=O)(=O)NC2CCOC2=O)cc1)c1ccoc1.[HH].[HH]. The molecule has 2 heterocycles. The summed E-state index contributed by atoms with van der Waals surface area (Å²) in [6, 6.07) is 6.24. The van der Waals surface area contributed by atoms with Gasteiger partial charge < -0.3 is 14.5 Å². The van der Waals surface area contributed by atoms with Crippen LogP contribution in [0.5, 0.6) is 0 Å². The number of benzene rings is 1. The fraction of sp³-hybridized carbons (Fsp3) is 0.200. The van der Waals surface area contributed by atoms with Crippen molar-refractivity contribution in [2.45, 2.75) is 17.4 Å². The van der Waals surface area contributed by atoms with E-state index >= 15 is 0 Å². The normalized spacial score (nSPS) is 17.5. The maximum atomic E-state index is 12.2. The third-order valence-electron chi connectivity index (χ3n) is 3.44. The zero-order valence-corrected chi connectivity index (χ0v) is 13.2. The second-order valence-corrected chi connectivity index (χ2v) is 6.83. The maximum absolute atomic E-state index is 12.2. The first-order valence-electron chi connectivity index (χ1n) is 7.08. The number of ether oxygens (including phenoxy) is 1. The lowest BCUT2D eigenvalue weighted by atomic mass is 10.3. The molecule has 1 atom stereocenters. The van der Waals surface area contributed by atoms with Crippen LogP contribution in [-0.2, 0) is 19.6 Å². The molecule has 1 aromatic heterocycles. The molecule has 3 rings (SSSR count). The van der Waals surface area contributed by atoms with Crippen LogP contribution >= 0.6 is 0 Å². The Balaban J connectivity index is 0.00000169. The molecule has 24 heavy (non-hydrogen) atoms. The molecule has 1 fully saturated rings. The summed E-state index contributed by atoms with van der Waals surface area (Å²) in [5.74, 6) is -0.950. The van der Waals surface area contributed by atoms with E-state index in [0.29, 0.717) is 17.7 Å². The summed E-state index contributed by atoms with van der Waals surface area (Å²) in [7, 11) is -3.84. The van der Waals surface area contributed by atoms with Crippen LogP contribution in [0.1, 0.15) is 19.6 Å². The first kappa shape index (κ1) is 16.2. The predicted octanol–water partition coefficient (Wildman–Crippen LogP) is 1.62. The van der Waals surface area contributed by atoms with Gasteiger partial charge in [0.05, 0.1) is 23.3 Å². The van der Waals surface area contributed by atoms with Crippen LogP contribution in [0.3, 0.4) is 0 Å². The van der Waals surface area contributed by atoms with Crippen LogP contribution in [0, 0.1) is 0 Å². The van der Waals surface area contributed by atoms with Gasteiger partial charge in [-0.25, -0.2) is 8.42 Å². The van der Waals surface area contributed by atoms with Crippen molar-refractivity contribution in [3.8, 4) is 0 Å². The molecule has 0 spiro atoms. The number of hydrogen-bond donors (Lipinski definition) is 2. The predicted molar refractivity (Wildman–Crippen MR) is 87.0 cm³/mol. The molecule has 1 aliphatic rings. The number of rotatable bonds is 5. The Labute approximate surface area is 140 Å². The average Bonchev–Trinajstić information content (AvgIpc) is 3.20. The van der Waals surface area contributed by atoms with Gasteiger partial charge in [0.15, 0.2) is 0 Å². The summed E-state index contributed by atoms with van der Waals surface area (Å²) < 4.78 is 36.3. The Morgan fingerprint density at radius 3 is 2.54 bits per heavy atom. The highest BCUT2D eigenvalue weighted by Crippen LogP contribution is 2.17. The van der Waals surface area contributed by atoms with Gasteiger partial charge >= 0.3 is 5.97 Å². The molecule has 1 aliphatic heterocycles. The third kappa shape index (κ3) is 3.47. The highest BCUT2D eigenvalue weighted by atomic mass is 32.2. The van der Waals surface area contributed by atoms with Crippen molar-refractivity contribution in [2.24, 2.45) is 0 Å². The highest BCUT2D eigenvalue weighted by Gasteiger charge is 2.31. The van der Waals surface area contributed by atoms with Crippen molar-refractivity contribution >= 4 is 27.6 Å². The van der Waals surface area contributed by atoms with Gasteiger partial charge in [-0.05, 0) is 30.3 Å². The van der Waals surface area contributed by atoms with Crippen molar-refractivity contribution < 1.29 is 30.0 Å². The maximum Gasteiger partial charge on any atom is 0.324 e. The van der Waals surface area contributed by atoms with E-state index in [1.807, 2.05) is 0 Å².